The number of unbranched alkanes of at least 4 members (excludes halogenated alkanes) is 47. The van der Waals surface area contributed by atoms with Crippen molar-refractivity contribution in [1.29, 1.82) is 0 Å². The van der Waals surface area contributed by atoms with E-state index in [1.54, 1.807) is 0 Å². The van der Waals surface area contributed by atoms with Crippen LogP contribution in [0.2, 0.25) is 0 Å². The van der Waals surface area contributed by atoms with Crippen LogP contribution in [0.4, 0.5) is 0 Å². The fourth-order valence-electron chi connectivity index (χ4n) is 11.4. The number of hydrogen-bond acceptors (Lipinski definition) is 15. The Bertz CT molecular complexity index is 1920. The van der Waals surface area contributed by atoms with E-state index in [9.17, 15) is 43.2 Å². The van der Waals surface area contributed by atoms with Crippen LogP contribution in [-0.4, -0.2) is 96.7 Å². The van der Waals surface area contributed by atoms with Crippen LogP contribution in [-0.2, 0) is 65.4 Å². The zero-order valence-corrected chi connectivity index (χ0v) is 63.6. The third-order valence-corrected chi connectivity index (χ3v) is 19.4. The number of allylic oxidation sites excluding steroid dienone is 4. The first-order valence-corrected chi connectivity index (χ1v) is 42.6. The number of hydrogen-bond donors (Lipinski definition) is 3. The minimum atomic E-state index is -4.96. The van der Waals surface area contributed by atoms with Gasteiger partial charge in [-0.15, -0.1) is 0 Å². The van der Waals surface area contributed by atoms with Crippen molar-refractivity contribution in [3.8, 4) is 0 Å². The Morgan fingerprint density at radius 1 is 0.292 bits per heavy atom. The van der Waals surface area contributed by atoms with Gasteiger partial charge in [0.25, 0.3) is 0 Å². The quantitative estimate of drug-likeness (QED) is 0.0169. The first-order valence-electron chi connectivity index (χ1n) is 39.6. The summed E-state index contributed by atoms with van der Waals surface area (Å²) in [6.07, 6.45) is 64.5. The third-order valence-electron chi connectivity index (χ3n) is 17.5. The molecule has 5 atom stereocenters. The van der Waals surface area contributed by atoms with E-state index in [4.69, 9.17) is 37.0 Å². The molecular formula is C77H146O17P2. The van der Waals surface area contributed by atoms with Crippen molar-refractivity contribution < 1.29 is 80.2 Å². The maximum Gasteiger partial charge on any atom is 0.472 e. The predicted octanol–water partition coefficient (Wildman–Crippen LogP) is 22.6. The van der Waals surface area contributed by atoms with E-state index in [1.807, 2.05) is 0 Å². The number of phosphoric acid groups is 2. The fraction of sp³-hybridized carbons (Fsp3) is 0.896. The van der Waals surface area contributed by atoms with Gasteiger partial charge in [-0.05, 0) is 51.4 Å². The number of rotatable bonds is 76. The Morgan fingerprint density at radius 3 is 0.760 bits per heavy atom. The third kappa shape index (κ3) is 70.0. The van der Waals surface area contributed by atoms with Crippen molar-refractivity contribution >= 4 is 39.5 Å². The largest absolute Gasteiger partial charge is 0.472 e. The number of aliphatic hydroxyl groups excluding tert-OH is 1. The van der Waals surface area contributed by atoms with Crippen molar-refractivity contribution in [1.82, 2.24) is 0 Å². The lowest BCUT2D eigenvalue weighted by atomic mass is 10.0. The number of ether oxygens (including phenoxy) is 4. The number of aliphatic hydroxyl groups is 1. The number of esters is 4. The van der Waals surface area contributed by atoms with Gasteiger partial charge in [0.2, 0.25) is 0 Å². The molecule has 0 aliphatic rings. The summed E-state index contributed by atoms with van der Waals surface area (Å²) in [7, 11) is -9.92. The summed E-state index contributed by atoms with van der Waals surface area (Å²) >= 11 is 0. The maximum absolute atomic E-state index is 13.1. The van der Waals surface area contributed by atoms with Gasteiger partial charge in [-0.2, -0.15) is 0 Å². The lowest BCUT2D eigenvalue weighted by Gasteiger charge is -2.21. The van der Waals surface area contributed by atoms with E-state index in [2.05, 4.69) is 52.0 Å². The van der Waals surface area contributed by atoms with E-state index >= 15 is 0 Å². The Labute approximate surface area is 586 Å². The van der Waals surface area contributed by atoms with Crippen LogP contribution >= 0.6 is 15.6 Å². The minimum Gasteiger partial charge on any atom is -0.462 e. The highest BCUT2D eigenvalue weighted by Crippen LogP contribution is 2.45. The molecule has 0 aromatic carbocycles. The molecule has 0 heterocycles. The molecule has 0 fully saturated rings. The zero-order chi connectivity index (χ0) is 70.4. The standard InChI is InChI=1S/C77H146O17P2/c1-5-9-13-17-21-25-28-31-34-35-38-41-44-48-52-56-60-64-77(82)94-73(68-88-75(80)62-58-54-50-46-42-39-36-32-29-26-22-18-14-10-6-2)70-92-96(85,86)90-66-71(78)65-89-95(83,84)91-69-72(67-87-74(79)61-57-53-49-45-24-20-16-12-8-4)93-76(81)63-59-55-51-47-43-40-37-33-30-27-23-19-15-11-7-3/h26,29,32,36,71-73,78H,5-25,27-28,30-31,33-35,37-70H2,1-4H3,(H,83,84)(H,85,86)/b29-26-,36-32-/t71-,72+,73+/m0/s1. The minimum absolute atomic E-state index is 0.102. The van der Waals surface area contributed by atoms with Crippen LogP contribution in [0.3, 0.4) is 0 Å². The van der Waals surface area contributed by atoms with E-state index in [0.717, 1.165) is 109 Å². The first kappa shape index (κ1) is 93.5. The molecule has 0 radical (unpaired) electrons. The van der Waals surface area contributed by atoms with Gasteiger partial charge in [0.15, 0.2) is 12.2 Å². The van der Waals surface area contributed by atoms with E-state index in [-0.39, 0.29) is 25.7 Å². The molecule has 0 saturated heterocycles. The van der Waals surface area contributed by atoms with Crippen molar-refractivity contribution in [2.24, 2.45) is 0 Å². The summed E-state index contributed by atoms with van der Waals surface area (Å²) in [6.45, 7) is 4.92. The molecule has 566 valence electrons. The summed E-state index contributed by atoms with van der Waals surface area (Å²) < 4.78 is 68.5. The maximum atomic E-state index is 13.1. The smallest absolute Gasteiger partial charge is 0.462 e. The van der Waals surface area contributed by atoms with E-state index in [1.165, 1.54) is 199 Å². The molecule has 0 spiro atoms. The molecule has 0 aromatic heterocycles. The van der Waals surface area contributed by atoms with Crippen LogP contribution in [0, 0.1) is 0 Å². The Morgan fingerprint density at radius 2 is 0.500 bits per heavy atom. The van der Waals surface area contributed by atoms with E-state index in [0.29, 0.717) is 25.7 Å². The SMILES string of the molecule is CCCCCC/C=C\C=C/CCCCCCCC(=O)OC[C@H](COP(=O)(O)OC[C@@H](O)COP(=O)(O)OC[C@@H](COC(=O)CCCCCCCCCCC)OC(=O)CCCCCCCCCCCCCCCCC)OC(=O)CCCCCCCCCCCCCCCCCCC. The summed E-state index contributed by atoms with van der Waals surface area (Å²) in [4.78, 5) is 72.8. The van der Waals surface area contributed by atoms with Gasteiger partial charge in [-0.25, -0.2) is 9.13 Å². The average molecular weight is 1410 g/mol. The fourth-order valence-corrected chi connectivity index (χ4v) is 13.0. The second-order valence-electron chi connectivity index (χ2n) is 27.1. The topological polar surface area (TPSA) is 237 Å². The Kier molecular flexibility index (Phi) is 69.1. The van der Waals surface area contributed by atoms with Gasteiger partial charge >= 0.3 is 39.5 Å². The molecule has 3 N–H and O–H groups in total. The summed E-state index contributed by atoms with van der Waals surface area (Å²) in [6, 6.07) is 0. The second kappa shape index (κ2) is 71.0. The summed E-state index contributed by atoms with van der Waals surface area (Å²) in [5, 5.41) is 10.6. The van der Waals surface area contributed by atoms with Gasteiger partial charge in [0, 0.05) is 25.7 Å². The molecule has 0 aromatic rings. The molecule has 96 heavy (non-hydrogen) atoms. The highest BCUT2D eigenvalue weighted by Gasteiger charge is 2.30. The molecule has 0 rings (SSSR count). The van der Waals surface area contributed by atoms with Gasteiger partial charge in [0.05, 0.1) is 26.4 Å². The van der Waals surface area contributed by atoms with Gasteiger partial charge in [0.1, 0.15) is 19.3 Å². The predicted molar refractivity (Wildman–Crippen MR) is 391 cm³/mol. The highest BCUT2D eigenvalue weighted by molar-refractivity contribution is 7.47. The second-order valence-corrected chi connectivity index (χ2v) is 30.0. The van der Waals surface area contributed by atoms with Crippen LogP contribution < -0.4 is 0 Å². The van der Waals surface area contributed by atoms with Crippen molar-refractivity contribution in [2.45, 2.75) is 406 Å². The first-order chi connectivity index (χ1) is 46.7. The monoisotopic (exact) mass is 1410 g/mol. The molecule has 0 bridgehead atoms. The van der Waals surface area contributed by atoms with E-state index < -0.39 is 97.5 Å². The van der Waals surface area contributed by atoms with Crippen LogP contribution in [0.1, 0.15) is 387 Å². The van der Waals surface area contributed by atoms with Crippen molar-refractivity contribution in [3.05, 3.63) is 24.3 Å². The van der Waals surface area contributed by atoms with Gasteiger partial charge in [-0.3, -0.25) is 37.3 Å². The van der Waals surface area contributed by atoms with Crippen molar-refractivity contribution in [2.75, 3.05) is 39.6 Å². The van der Waals surface area contributed by atoms with Crippen LogP contribution in [0.5, 0.6) is 0 Å². The summed E-state index contributed by atoms with van der Waals surface area (Å²) in [5.74, 6) is -2.14. The zero-order valence-electron chi connectivity index (χ0n) is 61.8. The summed E-state index contributed by atoms with van der Waals surface area (Å²) in [5.41, 5.74) is 0. The molecule has 19 heteroatoms. The van der Waals surface area contributed by atoms with Crippen LogP contribution in [0.15, 0.2) is 24.3 Å². The Hall–Kier alpha value is -2.46. The highest BCUT2D eigenvalue weighted by atomic mass is 31.2. The molecule has 17 nitrogen and oxygen atoms in total. The molecular weight excluding hydrogens is 1260 g/mol. The molecule has 0 aliphatic heterocycles. The molecule has 0 saturated carbocycles. The molecule has 0 aliphatic carbocycles. The van der Waals surface area contributed by atoms with Gasteiger partial charge in [-0.1, -0.05) is 335 Å². The number of phosphoric ester groups is 2. The van der Waals surface area contributed by atoms with Crippen LogP contribution in [0.25, 0.3) is 0 Å². The average Bonchev–Trinajstić information content (AvgIpc) is 1.38. The lowest BCUT2D eigenvalue weighted by Crippen LogP contribution is -2.30. The van der Waals surface area contributed by atoms with Gasteiger partial charge < -0.3 is 33.8 Å². The van der Waals surface area contributed by atoms with Crippen molar-refractivity contribution in [3.63, 3.8) is 0 Å². The lowest BCUT2D eigenvalue weighted by molar-refractivity contribution is -0.161. The Balaban J connectivity index is 5.26. The normalized spacial score (nSPS) is 14.0. The molecule has 2 unspecified atom stereocenters. The number of carbonyl (C=O) groups excluding carboxylic acids is 4. The number of carbonyl (C=O) groups is 4. The molecule has 0 amide bonds.